The monoisotopic (exact) mass is 457 g/mol. The minimum Gasteiger partial charge on any atom is -0.384 e. The summed E-state index contributed by atoms with van der Waals surface area (Å²) in [7, 11) is 0. The minimum atomic E-state index is -0.868. The minimum absolute atomic E-state index is 0.569. The molecule has 1 fully saturated rings. The molecule has 1 aromatic heterocycles. The first-order valence-electron chi connectivity index (χ1n) is 10.9. The van der Waals surface area contributed by atoms with Gasteiger partial charge in [0.25, 0.3) is 0 Å². The highest BCUT2D eigenvalue weighted by molar-refractivity contribution is 6.31. The number of benzene rings is 2. The van der Waals surface area contributed by atoms with Gasteiger partial charge in [0.2, 0.25) is 0 Å². The molecule has 3 aromatic rings. The predicted octanol–water partition coefficient (Wildman–Crippen LogP) is 5.86. The number of pyridine rings is 1. The van der Waals surface area contributed by atoms with Crippen LogP contribution >= 0.6 is 11.6 Å². The fraction of sp³-hybridized carbons (Fsp3) is 0.320. The third-order valence-corrected chi connectivity index (χ3v) is 5.74. The Morgan fingerprint density at radius 3 is 2.66 bits per heavy atom. The summed E-state index contributed by atoms with van der Waals surface area (Å²) in [5.41, 5.74) is 3.06. The van der Waals surface area contributed by atoms with E-state index in [1.165, 1.54) is 12.1 Å². The first-order chi connectivity index (χ1) is 15.6. The van der Waals surface area contributed by atoms with Gasteiger partial charge in [-0.15, -0.1) is 0 Å². The molecule has 0 bridgehead atoms. The Labute approximate surface area is 191 Å². The van der Waals surface area contributed by atoms with E-state index in [1.807, 2.05) is 24.3 Å². The largest absolute Gasteiger partial charge is 0.384 e. The number of rotatable bonds is 8. The summed E-state index contributed by atoms with van der Waals surface area (Å²) in [6.07, 6.45) is 5.67. The van der Waals surface area contributed by atoms with E-state index in [-0.39, 0.29) is 0 Å². The van der Waals surface area contributed by atoms with Crippen molar-refractivity contribution in [1.29, 1.82) is 0 Å². The van der Waals surface area contributed by atoms with E-state index in [1.54, 1.807) is 12.2 Å². The highest BCUT2D eigenvalue weighted by Crippen LogP contribution is 2.27. The molecule has 2 aromatic carbocycles. The van der Waals surface area contributed by atoms with Crippen molar-refractivity contribution >= 4 is 40.3 Å². The number of hydrogen-bond donors (Lipinski definition) is 1. The van der Waals surface area contributed by atoms with Crippen LogP contribution in [0.15, 0.2) is 42.5 Å². The average Bonchev–Trinajstić information content (AvgIpc) is 2.80. The average molecular weight is 458 g/mol. The van der Waals surface area contributed by atoms with Crippen molar-refractivity contribution < 1.29 is 13.5 Å². The summed E-state index contributed by atoms with van der Waals surface area (Å²) in [4.78, 5) is 7.10. The SMILES string of the molecule is Fc1ccc(/C=C/c2cc(NCCCCN3CCOCC3)c3cc(Cl)ccc3n2)cc1F. The van der Waals surface area contributed by atoms with Gasteiger partial charge >= 0.3 is 0 Å². The maximum absolute atomic E-state index is 13.5. The maximum atomic E-state index is 13.5. The van der Waals surface area contributed by atoms with E-state index >= 15 is 0 Å². The van der Waals surface area contributed by atoms with Crippen LogP contribution < -0.4 is 5.32 Å². The van der Waals surface area contributed by atoms with Gasteiger partial charge in [0, 0.05) is 35.7 Å². The second kappa shape index (κ2) is 10.9. The summed E-state index contributed by atoms with van der Waals surface area (Å²) < 4.78 is 32.0. The molecule has 4 rings (SSSR count). The lowest BCUT2D eigenvalue weighted by molar-refractivity contribution is 0.0373. The van der Waals surface area contributed by atoms with Gasteiger partial charge in [-0.3, -0.25) is 4.90 Å². The number of anilines is 1. The molecule has 0 unspecified atom stereocenters. The second-order valence-corrected chi connectivity index (χ2v) is 8.29. The van der Waals surface area contributed by atoms with Crippen LogP contribution in [0.1, 0.15) is 24.1 Å². The highest BCUT2D eigenvalue weighted by Gasteiger charge is 2.10. The summed E-state index contributed by atoms with van der Waals surface area (Å²) in [5, 5.41) is 5.13. The fourth-order valence-electron chi connectivity index (χ4n) is 3.76. The lowest BCUT2D eigenvalue weighted by Crippen LogP contribution is -2.36. The quantitative estimate of drug-likeness (QED) is 0.430. The van der Waals surface area contributed by atoms with Crippen LogP contribution in [0.5, 0.6) is 0 Å². The van der Waals surface area contributed by atoms with E-state index < -0.39 is 11.6 Å². The zero-order valence-corrected chi connectivity index (χ0v) is 18.5. The number of nitrogens with zero attached hydrogens (tertiary/aromatic N) is 2. The van der Waals surface area contributed by atoms with Gasteiger partial charge in [0.15, 0.2) is 11.6 Å². The molecular weight excluding hydrogens is 432 g/mol. The lowest BCUT2D eigenvalue weighted by atomic mass is 10.1. The van der Waals surface area contributed by atoms with Crippen LogP contribution in [0, 0.1) is 11.6 Å². The summed E-state index contributed by atoms with van der Waals surface area (Å²) in [6, 6.07) is 11.4. The Hall–Kier alpha value is -2.54. The smallest absolute Gasteiger partial charge is 0.159 e. The van der Waals surface area contributed by atoms with Gasteiger partial charge in [-0.2, -0.15) is 0 Å². The number of nitrogens with one attached hydrogen (secondary N) is 1. The lowest BCUT2D eigenvalue weighted by Gasteiger charge is -2.26. The molecule has 0 spiro atoms. The zero-order valence-electron chi connectivity index (χ0n) is 17.8. The molecule has 0 radical (unpaired) electrons. The van der Waals surface area contributed by atoms with Crippen LogP contribution in [0.3, 0.4) is 0 Å². The number of halogens is 3. The van der Waals surface area contributed by atoms with Crippen LogP contribution in [0.4, 0.5) is 14.5 Å². The van der Waals surface area contributed by atoms with Crippen LogP contribution in [-0.4, -0.2) is 49.3 Å². The Bertz CT molecular complexity index is 1100. The summed E-state index contributed by atoms with van der Waals surface area (Å²) >= 11 is 6.22. The normalized spacial score (nSPS) is 15.0. The molecule has 1 saturated heterocycles. The zero-order chi connectivity index (χ0) is 22.3. The number of aromatic nitrogens is 1. The second-order valence-electron chi connectivity index (χ2n) is 7.85. The van der Waals surface area contributed by atoms with Gasteiger partial charge < -0.3 is 10.1 Å². The molecule has 2 heterocycles. The number of morpholine rings is 1. The molecule has 0 amide bonds. The van der Waals surface area contributed by atoms with Gasteiger partial charge in [0.1, 0.15) is 0 Å². The third-order valence-electron chi connectivity index (χ3n) is 5.50. The molecule has 7 heteroatoms. The Morgan fingerprint density at radius 1 is 1.00 bits per heavy atom. The van der Waals surface area contributed by atoms with Gasteiger partial charge in [-0.25, -0.2) is 13.8 Å². The Kier molecular flexibility index (Phi) is 7.68. The van der Waals surface area contributed by atoms with Gasteiger partial charge in [-0.1, -0.05) is 23.7 Å². The standard InChI is InChI=1S/C25H26ClF2N3O/c26-19-5-8-24-21(16-19)25(29-9-1-2-10-31-11-13-32-14-12-31)17-20(30-24)6-3-18-4-7-22(27)23(28)15-18/h3-8,15-17H,1-2,9-14H2,(H,29,30)/b6-3+. The predicted molar refractivity (Wildman–Crippen MR) is 127 cm³/mol. The van der Waals surface area contributed by atoms with Crippen molar-refractivity contribution in [3.05, 3.63) is 70.4 Å². The molecule has 32 heavy (non-hydrogen) atoms. The molecule has 168 valence electrons. The maximum Gasteiger partial charge on any atom is 0.159 e. The fourth-order valence-corrected chi connectivity index (χ4v) is 3.93. The van der Waals surface area contributed by atoms with Crippen molar-refractivity contribution in [3.8, 4) is 0 Å². The number of unbranched alkanes of at least 4 members (excludes halogenated alkanes) is 1. The summed E-state index contributed by atoms with van der Waals surface area (Å²) in [6.45, 7) is 5.58. The van der Waals surface area contributed by atoms with Crippen molar-refractivity contribution in [2.45, 2.75) is 12.8 Å². The first kappa shape index (κ1) is 22.6. The molecule has 0 saturated carbocycles. The van der Waals surface area contributed by atoms with Crippen LogP contribution in [-0.2, 0) is 4.74 Å². The van der Waals surface area contributed by atoms with E-state index in [4.69, 9.17) is 16.3 Å². The highest BCUT2D eigenvalue weighted by atomic mass is 35.5. The van der Waals surface area contributed by atoms with Crippen molar-refractivity contribution in [2.24, 2.45) is 0 Å². The van der Waals surface area contributed by atoms with Gasteiger partial charge in [-0.05, 0) is 67.4 Å². The molecule has 0 aliphatic carbocycles. The Morgan fingerprint density at radius 2 is 1.84 bits per heavy atom. The first-order valence-corrected chi connectivity index (χ1v) is 11.2. The number of ether oxygens (including phenoxy) is 1. The van der Waals surface area contributed by atoms with E-state index in [2.05, 4.69) is 15.2 Å². The number of hydrogen-bond acceptors (Lipinski definition) is 4. The van der Waals surface area contributed by atoms with E-state index in [9.17, 15) is 8.78 Å². The Balaban J connectivity index is 1.45. The molecule has 1 N–H and O–H groups in total. The van der Waals surface area contributed by atoms with Crippen molar-refractivity contribution in [1.82, 2.24) is 9.88 Å². The third kappa shape index (κ3) is 6.03. The molecular formula is C25H26ClF2N3O. The molecule has 4 nitrogen and oxygen atoms in total. The topological polar surface area (TPSA) is 37.4 Å². The number of fused-ring (bicyclic) bond motifs is 1. The van der Waals surface area contributed by atoms with E-state index in [0.29, 0.717) is 10.6 Å². The van der Waals surface area contributed by atoms with Crippen molar-refractivity contribution in [3.63, 3.8) is 0 Å². The van der Waals surface area contributed by atoms with E-state index in [0.717, 1.165) is 80.6 Å². The van der Waals surface area contributed by atoms with Crippen LogP contribution in [0.2, 0.25) is 5.02 Å². The summed E-state index contributed by atoms with van der Waals surface area (Å²) in [5.74, 6) is -1.73. The van der Waals surface area contributed by atoms with Gasteiger partial charge in [0.05, 0.1) is 24.4 Å². The molecule has 0 atom stereocenters. The van der Waals surface area contributed by atoms with Crippen molar-refractivity contribution in [2.75, 3.05) is 44.7 Å². The molecule has 1 aliphatic rings. The molecule has 1 aliphatic heterocycles. The van der Waals surface area contributed by atoms with Crippen LogP contribution in [0.25, 0.3) is 23.1 Å².